The highest BCUT2D eigenvalue weighted by Gasteiger charge is 2.18. The minimum Gasteiger partial charge on any atom is -0.389 e. The lowest BCUT2D eigenvalue weighted by Gasteiger charge is -2.26. The first-order valence-corrected chi connectivity index (χ1v) is 5.97. The first-order valence-electron chi connectivity index (χ1n) is 5.09. The molecule has 16 heavy (non-hydrogen) atoms. The van der Waals surface area contributed by atoms with Crippen molar-refractivity contribution in [2.45, 2.75) is 19.4 Å². The smallest absolute Gasteiger partial charge is 0.140 e. The van der Waals surface area contributed by atoms with Gasteiger partial charge < -0.3 is 10.0 Å². The summed E-state index contributed by atoms with van der Waals surface area (Å²) in [5.74, 6) is 0.869. The Balaban J connectivity index is 2.36. The van der Waals surface area contributed by atoms with Gasteiger partial charge in [-0.05, 0) is 25.3 Å². The van der Waals surface area contributed by atoms with Crippen molar-refractivity contribution in [2.75, 3.05) is 18.5 Å². The predicted molar refractivity (Wildman–Crippen MR) is 67.0 cm³/mol. The molecule has 0 bridgehead atoms. The molecule has 0 saturated heterocycles. The molecule has 2 heterocycles. The number of fused-ring (bicyclic) bond motifs is 1. The number of likely N-dealkylation sites (N-methyl/N-ethyl adjacent to an activating group) is 1. The summed E-state index contributed by atoms with van der Waals surface area (Å²) >= 11 is 1.60. The van der Waals surface area contributed by atoms with Gasteiger partial charge in [-0.15, -0.1) is 11.3 Å². The van der Waals surface area contributed by atoms with Gasteiger partial charge in [0.15, 0.2) is 0 Å². The second-order valence-electron chi connectivity index (χ2n) is 4.51. The van der Waals surface area contributed by atoms with E-state index in [1.807, 2.05) is 23.4 Å². The first-order chi connectivity index (χ1) is 7.47. The normalized spacial score (nSPS) is 12.0. The molecule has 0 radical (unpaired) electrons. The fourth-order valence-corrected chi connectivity index (χ4v) is 2.46. The van der Waals surface area contributed by atoms with Crippen LogP contribution in [-0.4, -0.2) is 34.3 Å². The molecular weight excluding hydrogens is 222 g/mol. The zero-order valence-electron chi connectivity index (χ0n) is 9.64. The standard InChI is InChI=1S/C11H15N3OS/c1-11(2,15)6-14(3)9-8-4-5-16-10(8)13-7-12-9/h4-5,7,15H,6H2,1-3H3. The molecule has 2 aromatic heterocycles. The molecular formula is C11H15N3OS. The molecule has 2 aromatic rings. The molecule has 2 rings (SSSR count). The van der Waals surface area contributed by atoms with Gasteiger partial charge in [0, 0.05) is 13.6 Å². The number of aliphatic hydroxyl groups is 1. The van der Waals surface area contributed by atoms with Crippen molar-refractivity contribution in [3.8, 4) is 0 Å². The summed E-state index contributed by atoms with van der Waals surface area (Å²) in [6, 6.07) is 2.01. The second kappa shape index (κ2) is 3.99. The van der Waals surface area contributed by atoms with Crippen LogP contribution in [0.15, 0.2) is 17.8 Å². The summed E-state index contributed by atoms with van der Waals surface area (Å²) in [7, 11) is 1.93. The Kier molecular flexibility index (Phi) is 2.82. The number of nitrogens with zero attached hydrogens (tertiary/aromatic N) is 3. The topological polar surface area (TPSA) is 49.2 Å². The number of rotatable bonds is 3. The highest BCUT2D eigenvalue weighted by atomic mass is 32.1. The molecule has 0 aliphatic rings. The summed E-state index contributed by atoms with van der Waals surface area (Å²) < 4.78 is 0. The molecule has 5 heteroatoms. The van der Waals surface area contributed by atoms with Gasteiger partial charge in [0.1, 0.15) is 17.0 Å². The van der Waals surface area contributed by atoms with Crippen LogP contribution in [0.5, 0.6) is 0 Å². The number of aromatic nitrogens is 2. The Hall–Kier alpha value is -1.20. The number of anilines is 1. The zero-order valence-corrected chi connectivity index (χ0v) is 10.5. The van der Waals surface area contributed by atoms with Crippen LogP contribution in [0.2, 0.25) is 0 Å². The van der Waals surface area contributed by atoms with E-state index in [4.69, 9.17) is 0 Å². The molecule has 0 fully saturated rings. The van der Waals surface area contributed by atoms with Gasteiger partial charge in [0.05, 0.1) is 11.0 Å². The van der Waals surface area contributed by atoms with Crippen LogP contribution in [0, 0.1) is 0 Å². The number of thiophene rings is 1. The Labute approximate surface area is 98.6 Å². The van der Waals surface area contributed by atoms with Crippen LogP contribution in [0.4, 0.5) is 5.82 Å². The third-order valence-corrected chi connectivity index (χ3v) is 3.05. The van der Waals surface area contributed by atoms with E-state index >= 15 is 0 Å². The molecule has 0 spiro atoms. The lowest BCUT2D eigenvalue weighted by atomic mass is 10.1. The molecule has 86 valence electrons. The highest BCUT2D eigenvalue weighted by Crippen LogP contribution is 2.26. The maximum absolute atomic E-state index is 9.79. The maximum atomic E-state index is 9.79. The fourth-order valence-electron chi connectivity index (χ4n) is 1.74. The van der Waals surface area contributed by atoms with Gasteiger partial charge in [0.25, 0.3) is 0 Å². The molecule has 1 N–H and O–H groups in total. The quantitative estimate of drug-likeness (QED) is 0.885. The predicted octanol–water partition coefficient (Wildman–Crippen LogP) is 1.90. The summed E-state index contributed by atoms with van der Waals surface area (Å²) in [5.41, 5.74) is -0.734. The Morgan fingerprint density at radius 3 is 2.88 bits per heavy atom. The van der Waals surface area contributed by atoms with Crippen LogP contribution in [0.3, 0.4) is 0 Å². The van der Waals surface area contributed by atoms with Crippen LogP contribution in [-0.2, 0) is 0 Å². The van der Waals surface area contributed by atoms with Gasteiger partial charge in [-0.25, -0.2) is 9.97 Å². The van der Waals surface area contributed by atoms with Crippen molar-refractivity contribution in [3.05, 3.63) is 17.8 Å². The van der Waals surface area contributed by atoms with Crippen molar-refractivity contribution in [3.63, 3.8) is 0 Å². The van der Waals surface area contributed by atoms with E-state index < -0.39 is 5.60 Å². The molecule has 0 aromatic carbocycles. The van der Waals surface area contributed by atoms with Gasteiger partial charge >= 0.3 is 0 Å². The Morgan fingerprint density at radius 1 is 1.44 bits per heavy atom. The van der Waals surface area contributed by atoms with E-state index in [1.165, 1.54) is 0 Å². The number of hydrogen-bond acceptors (Lipinski definition) is 5. The van der Waals surface area contributed by atoms with E-state index in [1.54, 1.807) is 31.5 Å². The molecule has 0 amide bonds. The van der Waals surface area contributed by atoms with E-state index in [0.29, 0.717) is 6.54 Å². The molecule has 0 atom stereocenters. The maximum Gasteiger partial charge on any atom is 0.140 e. The monoisotopic (exact) mass is 237 g/mol. The fraction of sp³-hybridized carbons (Fsp3) is 0.455. The second-order valence-corrected chi connectivity index (χ2v) is 5.40. The summed E-state index contributed by atoms with van der Waals surface area (Å²) in [5, 5.41) is 12.8. The summed E-state index contributed by atoms with van der Waals surface area (Å²) in [6.07, 6.45) is 1.56. The molecule has 4 nitrogen and oxygen atoms in total. The van der Waals surface area contributed by atoms with E-state index in [0.717, 1.165) is 16.0 Å². The van der Waals surface area contributed by atoms with Crippen molar-refractivity contribution in [1.82, 2.24) is 9.97 Å². The summed E-state index contributed by atoms with van der Waals surface area (Å²) in [4.78, 5) is 11.4. The van der Waals surface area contributed by atoms with Crippen LogP contribution in [0.1, 0.15) is 13.8 Å². The lowest BCUT2D eigenvalue weighted by molar-refractivity contribution is 0.0885. The Morgan fingerprint density at radius 2 is 2.19 bits per heavy atom. The third-order valence-electron chi connectivity index (χ3n) is 2.23. The van der Waals surface area contributed by atoms with Crippen molar-refractivity contribution >= 4 is 27.4 Å². The number of hydrogen-bond donors (Lipinski definition) is 1. The van der Waals surface area contributed by atoms with Crippen LogP contribution < -0.4 is 4.90 Å². The first kappa shape index (κ1) is 11.3. The minimum absolute atomic E-state index is 0.537. The van der Waals surface area contributed by atoms with E-state index in [-0.39, 0.29) is 0 Å². The average Bonchev–Trinajstić information content (AvgIpc) is 2.61. The third kappa shape index (κ3) is 2.31. The lowest BCUT2D eigenvalue weighted by Crippen LogP contribution is -2.36. The van der Waals surface area contributed by atoms with Crippen LogP contribution in [0.25, 0.3) is 10.2 Å². The van der Waals surface area contributed by atoms with Crippen molar-refractivity contribution in [1.29, 1.82) is 0 Å². The van der Waals surface area contributed by atoms with Gasteiger partial charge in [-0.3, -0.25) is 0 Å². The largest absolute Gasteiger partial charge is 0.389 e. The minimum atomic E-state index is -0.734. The van der Waals surface area contributed by atoms with E-state index in [2.05, 4.69) is 9.97 Å². The van der Waals surface area contributed by atoms with Crippen molar-refractivity contribution in [2.24, 2.45) is 0 Å². The molecule has 0 aliphatic heterocycles. The SMILES string of the molecule is CN(CC(C)(C)O)c1ncnc2sccc12. The van der Waals surface area contributed by atoms with Gasteiger partial charge in [-0.1, -0.05) is 0 Å². The van der Waals surface area contributed by atoms with Crippen LogP contribution >= 0.6 is 11.3 Å². The molecule has 0 saturated carbocycles. The van der Waals surface area contributed by atoms with Gasteiger partial charge in [-0.2, -0.15) is 0 Å². The average molecular weight is 237 g/mol. The highest BCUT2D eigenvalue weighted by molar-refractivity contribution is 7.16. The van der Waals surface area contributed by atoms with Gasteiger partial charge in [0.2, 0.25) is 0 Å². The summed E-state index contributed by atoms with van der Waals surface area (Å²) in [6.45, 7) is 4.11. The molecule has 0 unspecified atom stereocenters. The van der Waals surface area contributed by atoms with Crippen molar-refractivity contribution < 1.29 is 5.11 Å². The zero-order chi connectivity index (χ0) is 11.8. The molecule has 0 aliphatic carbocycles. The van der Waals surface area contributed by atoms with E-state index in [9.17, 15) is 5.11 Å². The Bertz CT molecular complexity index is 489.